The lowest BCUT2D eigenvalue weighted by Crippen LogP contribution is -2.56. The van der Waals surface area contributed by atoms with E-state index in [0.29, 0.717) is 68.7 Å². The molecular formula is C51H74N8O10S2. The van der Waals surface area contributed by atoms with Crippen LogP contribution < -0.4 is 32.7 Å². The molecule has 0 saturated carbocycles. The average molecular weight is 1020 g/mol. The van der Waals surface area contributed by atoms with E-state index in [9.17, 15) is 48.3 Å². The van der Waals surface area contributed by atoms with E-state index in [2.05, 4.69) is 47.2 Å². The van der Waals surface area contributed by atoms with Gasteiger partial charge in [-0.15, -0.1) is 0 Å². The summed E-state index contributed by atoms with van der Waals surface area (Å²) in [6.45, 7) is 8.72. The maximum atomic E-state index is 14.3. The Bertz CT molecular complexity index is 2160. The Hall–Kier alpha value is -5.63. The fourth-order valence-corrected chi connectivity index (χ4v) is 10.7. The van der Waals surface area contributed by atoms with Gasteiger partial charge >= 0.3 is 5.97 Å². The molecule has 6 atom stereocenters. The van der Waals surface area contributed by atoms with Crippen molar-refractivity contribution in [2.24, 2.45) is 11.5 Å². The topological polar surface area (TPSA) is 280 Å². The first-order chi connectivity index (χ1) is 33.9. The number of unbranched alkanes of at least 4 members (excludes halogenated alkanes) is 2. The van der Waals surface area contributed by atoms with Crippen molar-refractivity contribution in [3.05, 3.63) is 70.8 Å². The van der Waals surface area contributed by atoms with Crippen LogP contribution in [0.1, 0.15) is 133 Å². The van der Waals surface area contributed by atoms with Crippen LogP contribution in [0.4, 0.5) is 0 Å². The van der Waals surface area contributed by atoms with Gasteiger partial charge in [-0.1, -0.05) is 89.1 Å². The van der Waals surface area contributed by atoms with E-state index in [1.807, 2.05) is 13.0 Å². The Morgan fingerprint density at radius 1 is 0.662 bits per heavy atom. The summed E-state index contributed by atoms with van der Waals surface area (Å²) in [5, 5.41) is 21.1. The first-order valence-electron chi connectivity index (χ1n) is 24.8. The fraction of sp³-hybridized carbons (Fsp3) is 0.588. The summed E-state index contributed by atoms with van der Waals surface area (Å²) in [4.78, 5) is 121. The molecule has 4 rings (SSSR count). The second kappa shape index (κ2) is 29.7. The Morgan fingerprint density at radius 2 is 1.24 bits per heavy atom. The fourth-order valence-electron chi connectivity index (χ4n) is 8.69. The van der Waals surface area contributed by atoms with Crippen molar-refractivity contribution >= 4 is 76.8 Å². The Morgan fingerprint density at radius 3 is 1.83 bits per heavy atom. The molecule has 2 aliphatic rings. The number of carboxylic acids is 1. The molecule has 0 radical (unpaired) electrons. The first kappa shape index (κ1) is 57.9. The molecule has 8 amide bonds. The van der Waals surface area contributed by atoms with Gasteiger partial charge in [0.15, 0.2) is 0 Å². The highest BCUT2D eigenvalue weighted by Gasteiger charge is 2.43. The van der Waals surface area contributed by atoms with E-state index in [1.54, 1.807) is 42.2 Å². The minimum atomic E-state index is -1.34. The average Bonchev–Trinajstić information content (AvgIpc) is 4.04. The number of thioether (sulfide) groups is 2. The van der Waals surface area contributed by atoms with Crippen molar-refractivity contribution < 1.29 is 48.3 Å². The van der Waals surface area contributed by atoms with E-state index >= 15 is 0 Å². The number of nitrogens with two attached hydrogens (primary N) is 2. The number of carbonyl (C=O) groups excluding carboxylic acids is 8. The number of benzene rings is 2. The summed E-state index contributed by atoms with van der Waals surface area (Å²) in [7, 11) is 0. The number of carbonyl (C=O) groups is 9. The van der Waals surface area contributed by atoms with Crippen molar-refractivity contribution in [3.63, 3.8) is 0 Å². The number of hydrogen-bond acceptors (Lipinski definition) is 11. The molecule has 2 aromatic carbocycles. The molecule has 0 aliphatic carbocycles. The molecule has 390 valence electrons. The minimum absolute atomic E-state index is 0.0138. The quantitative estimate of drug-likeness (QED) is 0.0553. The predicted octanol–water partition coefficient (Wildman–Crippen LogP) is 3.66. The van der Waals surface area contributed by atoms with Crippen molar-refractivity contribution in [3.8, 4) is 0 Å². The summed E-state index contributed by atoms with van der Waals surface area (Å²) in [5.74, 6) is -3.98. The summed E-state index contributed by atoms with van der Waals surface area (Å²) in [5.41, 5.74) is 14.6. The number of carboxylic acid groups (broad SMARTS) is 1. The van der Waals surface area contributed by atoms with Crippen LogP contribution in [0, 0.1) is 0 Å². The third kappa shape index (κ3) is 18.8. The lowest BCUT2D eigenvalue weighted by atomic mass is 9.99. The zero-order chi connectivity index (χ0) is 52.0. The number of hydrogen-bond donors (Lipinski definition) is 7. The molecule has 71 heavy (non-hydrogen) atoms. The molecule has 2 aromatic rings. The normalized spacial score (nSPS) is 17.2. The molecule has 18 nitrogen and oxygen atoms in total. The van der Waals surface area contributed by atoms with Crippen molar-refractivity contribution in [1.29, 1.82) is 0 Å². The van der Waals surface area contributed by atoms with E-state index in [-0.39, 0.29) is 67.2 Å². The number of primary amides is 2. The molecule has 2 heterocycles. The van der Waals surface area contributed by atoms with Gasteiger partial charge in [-0.05, 0) is 73.1 Å². The summed E-state index contributed by atoms with van der Waals surface area (Å²) >= 11 is 2.78. The van der Waals surface area contributed by atoms with Crippen LogP contribution >= 0.6 is 23.5 Å². The molecule has 2 fully saturated rings. The van der Waals surface area contributed by atoms with Gasteiger partial charge in [0.1, 0.15) is 36.3 Å². The third-order valence-corrected chi connectivity index (χ3v) is 14.7. The molecular weight excluding hydrogens is 949 g/mol. The van der Waals surface area contributed by atoms with E-state index < -0.39 is 71.8 Å². The Labute approximate surface area is 426 Å². The lowest BCUT2D eigenvalue weighted by molar-refractivity contribution is -0.147. The first-order valence-corrected chi connectivity index (χ1v) is 27.2. The predicted molar refractivity (Wildman–Crippen MR) is 275 cm³/mol. The smallest absolute Gasteiger partial charge is 0.327 e. The van der Waals surface area contributed by atoms with Crippen LogP contribution in [0.2, 0.25) is 0 Å². The van der Waals surface area contributed by atoms with Crippen molar-refractivity contribution in [2.45, 2.75) is 165 Å². The second-order valence-electron chi connectivity index (χ2n) is 18.7. The van der Waals surface area contributed by atoms with Gasteiger partial charge in [-0.25, -0.2) is 4.79 Å². The Balaban J connectivity index is 1.45. The number of aliphatic carboxylic acids is 1. The van der Waals surface area contributed by atoms with E-state index in [4.69, 9.17) is 11.5 Å². The number of nitrogens with zero attached hydrogens (tertiary/aromatic N) is 2. The minimum Gasteiger partial charge on any atom is -0.480 e. The molecule has 0 spiro atoms. The number of amides is 8. The molecule has 2 aliphatic heterocycles. The molecule has 0 aromatic heterocycles. The molecule has 20 heteroatoms. The molecule has 0 bridgehead atoms. The number of nitrogens with one attached hydrogen (secondary N) is 4. The number of likely N-dealkylation sites (tertiary alicyclic amines) is 2. The summed E-state index contributed by atoms with van der Waals surface area (Å²) < 4.78 is 0. The van der Waals surface area contributed by atoms with Gasteiger partial charge < -0.3 is 47.6 Å². The maximum Gasteiger partial charge on any atom is 0.327 e. The zero-order valence-electron chi connectivity index (χ0n) is 41.6. The van der Waals surface area contributed by atoms with Crippen molar-refractivity contribution in [2.75, 3.05) is 24.6 Å². The van der Waals surface area contributed by atoms with E-state index in [1.165, 1.54) is 28.4 Å². The van der Waals surface area contributed by atoms with Crippen LogP contribution in [0.15, 0.2) is 48.5 Å². The van der Waals surface area contributed by atoms with Crippen LogP contribution in [-0.4, -0.2) is 129 Å². The zero-order valence-corrected chi connectivity index (χ0v) is 43.2. The highest BCUT2D eigenvalue weighted by atomic mass is 32.2. The number of rotatable bonds is 30. The lowest BCUT2D eigenvalue weighted by Gasteiger charge is -2.32. The largest absolute Gasteiger partial charge is 0.480 e. The van der Waals surface area contributed by atoms with Gasteiger partial charge in [-0.2, -0.15) is 23.5 Å². The summed E-state index contributed by atoms with van der Waals surface area (Å²) in [6, 6.07) is 8.95. The van der Waals surface area contributed by atoms with Crippen LogP contribution in [0.5, 0.6) is 0 Å². The van der Waals surface area contributed by atoms with Gasteiger partial charge in [0.25, 0.3) is 0 Å². The van der Waals surface area contributed by atoms with Crippen molar-refractivity contribution in [1.82, 2.24) is 31.1 Å². The standard InChI is InChI=1S/C51H74N8O10S2/c1-5-7-9-19-45(62)55-39(49(66)59-23-13-18-42(59)50(67)58-22-12-17-41(58)46(53)63)30-70-28-34-24-35(26-36(25-34)32(3)4)29-71-31-40(51(68)69)57-48(65)38(27-33-15-10-8-11-16-33)56-47(64)37(20-21-43(52)60)54-44(61)14-6-2/h8,10-11,15-16,24-26,32,37-42H,5-7,9,12-14,17-23,27-31H2,1-4H3,(H2,52,60)(H2,53,63)(H,54,61)(H,55,62)(H,56,64)(H,57,65)(H,68,69)/t37?,38-,39?,40?,41-,42-/m0/s1. The molecule has 3 unspecified atom stereocenters. The van der Waals surface area contributed by atoms with Gasteiger partial charge in [0.05, 0.1) is 0 Å². The van der Waals surface area contributed by atoms with Crippen LogP contribution in [-0.2, 0) is 61.1 Å². The van der Waals surface area contributed by atoms with Gasteiger partial charge in [0, 0.05) is 61.8 Å². The molecule has 9 N–H and O–H groups in total. The monoisotopic (exact) mass is 1020 g/mol. The maximum absolute atomic E-state index is 14.3. The molecule has 2 saturated heterocycles. The van der Waals surface area contributed by atoms with Crippen LogP contribution in [0.3, 0.4) is 0 Å². The highest BCUT2D eigenvalue weighted by Crippen LogP contribution is 2.28. The second-order valence-corrected chi connectivity index (χ2v) is 20.7. The van der Waals surface area contributed by atoms with Gasteiger partial charge in [-0.3, -0.25) is 38.4 Å². The summed E-state index contributed by atoms with van der Waals surface area (Å²) in [6.07, 6.45) is 5.36. The third-order valence-electron chi connectivity index (χ3n) is 12.5. The van der Waals surface area contributed by atoms with Crippen LogP contribution in [0.25, 0.3) is 0 Å². The highest BCUT2D eigenvalue weighted by molar-refractivity contribution is 7.98. The SMILES string of the molecule is CCCCCC(=O)NC(CSCc1cc(CSCC(NC(=O)[C@H](Cc2ccccc2)NC(=O)C(CCC(N)=O)NC(=O)CCC)C(=O)O)cc(C(C)C)c1)C(=O)N1CCC[C@H]1C(=O)N1CCC[C@H]1C(N)=O. The van der Waals surface area contributed by atoms with Gasteiger partial charge in [0.2, 0.25) is 47.3 Å². The Kier molecular flexibility index (Phi) is 24.2. The van der Waals surface area contributed by atoms with E-state index in [0.717, 1.165) is 29.5 Å².